The lowest BCUT2D eigenvalue weighted by molar-refractivity contribution is 0.520. The average Bonchev–Trinajstić information content (AvgIpc) is 2.02. The largest absolute Gasteiger partial charge is 0.118 e. The van der Waals surface area contributed by atoms with Gasteiger partial charge in [0.25, 0.3) is 0 Å². The summed E-state index contributed by atoms with van der Waals surface area (Å²) < 4.78 is 0. The quantitative estimate of drug-likeness (QED) is 0.317. The van der Waals surface area contributed by atoms with Gasteiger partial charge in [0.15, 0.2) is 0 Å². The van der Waals surface area contributed by atoms with Crippen LogP contribution in [0.5, 0.6) is 0 Å². The third-order valence-electron chi connectivity index (χ3n) is 2.27. The molecule has 0 bridgehead atoms. The van der Waals surface area contributed by atoms with Gasteiger partial charge < -0.3 is 0 Å². The van der Waals surface area contributed by atoms with Gasteiger partial charge in [-0.15, -0.1) is 11.6 Å². The van der Waals surface area contributed by atoms with Crippen LogP contribution in [0.4, 0.5) is 0 Å². The van der Waals surface area contributed by atoms with Crippen molar-refractivity contribution in [2.45, 2.75) is 58.3 Å². The van der Waals surface area contributed by atoms with E-state index in [0.29, 0.717) is 0 Å². The van der Waals surface area contributed by atoms with Crippen LogP contribution in [0.2, 0.25) is 0 Å². The zero-order chi connectivity index (χ0) is 10.3. The van der Waals surface area contributed by atoms with Crippen LogP contribution in [0.1, 0.15) is 52.9 Å². The molecule has 78 valence electrons. The smallest absolute Gasteiger partial charge is 0.0540 e. The topological polar surface area (TPSA) is 0 Å². The molecule has 0 radical (unpaired) electrons. The molecule has 0 aromatic rings. The molecule has 0 saturated carbocycles. The molecule has 0 fully saturated rings. The monoisotopic (exact) mass is 202 g/mol. The number of allylic oxidation sites excluding steroid dienone is 1. The van der Waals surface area contributed by atoms with Gasteiger partial charge in [-0.2, -0.15) is 0 Å². The summed E-state index contributed by atoms with van der Waals surface area (Å²) in [5.74, 6) is 0.841. The summed E-state index contributed by atoms with van der Waals surface area (Å²) >= 11 is 6.06. The third-order valence-corrected chi connectivity index (χ3v) is 2.86. The van der Waals surface area contributed by atoms with Gasteiger partial charge in [-0.3, -0.25) is 0 Å². The van der Waals surface area contributed by atoms with Crippen LogP contribution in [0.15, 0.2) is 12.2 Å². The molecule has 0 heterocycles. The van der Waals surface area contributed by atoms with Crippen LogP contribution in [0, 0.1) is 5.92 Å². The molecule has 1 heteroatoms. The van der Waals surface area contributed by atoms with Crippen molar-refractivity contribution in [3.63, 3.8) is 0 Å². The van der Waals surface area contributed by atoms with Crippen molar-refractivity contribution in [1.82, 2.24) is 0 Å². The van der Waals surface area contributed by atoms with Crippen molar-refractivity contribution >= 4 is 11.6 Å². The molecule has 0 nitrogen and oxygen atoms in total. The first-order valence-electron chi connectivity index (χ1n) is 5.33. The predicted molar refractivity (Wildman–Crippen MR) is 62.4 cm³/mol. The van der Waals surface area contributed by atoms with Gasteiger partial charge in [-0.25, -0.2) is 0 Å². The average molecular weight is 203 g/mol. The summed E-state index contributed by atoms with van der Waals surface area (Å²) in [6, 6.07) is 0. The Hall–Kier alpha value is 0.0300. The second kappa shape index (κ2) is 7.44. The predicted octanol–water partition coefficient (Wildman–Crippen LogP) is 4.78. The lowest BCUT2D eigenvalue weighted by Crippen LogP contribution is -1.98. The number of unbranched alkanes of at least 4 members (excludes halogenated alkanes) is 2. The van der Waals surface area contributed by atoms with E-state index in [4.69, 9.17) is 11.6 Å². The lowest BCUT2D eigenvalue weighted by Gasteiger charge is -2.08. The third kappa shape index (κ3) is 8.36. The second-order valence-electron chi connectivity index (χ2n) is 4.35. The van der Waals surface area contributed by atoms with Crippen molar-refractivity contribution < 1.29 is 0 Å². The molecule has 0 N–H and O–H groups in total. The summed E-state index contributed by atoms with van der Waals surface area (Å²) in [6.45, 7) is 10.4. The van der Waals surface area contributed by atoms with Gasteiger partial charge in [0.05, 0.1) is 5.38 Å². The highest BCUT2D eigenvalue weighted by atomic mass is 35.5. The molecule has 1 atom stereocenters. The Labute approximate surface area is 88.4 Å². The van der Waals surface area contributed by atoms with Gasteiger partial charge >= 0.3 is 0 Å². The molecule has 1 unspecified atom stereocenters. The normalized spacial score (nSPS) is 13.3. The summed E-state index contributed by atoms with van der Waals surface area (Å²) in [5.41, 5.74) is 1.10. The van der Waals surface area contributed by atoms with E-state index in [9.17, 15) is 0 Å². The van der Waals surface area contributed by atoms with E-state index in [2.05, 4.69) is 20.4 Å². The fourth-order valence-electron chi connectivity index (χ4n) is 1.30. The Morgan fingerprint density at radius 1 is 1.15 bits per heavy atom. The Bertz CT molecular complexity index is 138. The number of hydrogen-bond donors (Lipinski definition) is 0. The molecular formula is C12H23Cl. The molecule has 13 heavy (non-hydrogen) atoms. The standard InChI is InChI=1S/C12H23Cl/c1-10(2)8-6-5-7-9-12(13)11(3)4/h10,12H,3,5-9H2,1-2,4H3. The maximum Gasteiger partial charge on any atom is 0.0540 e. The zero-order valence-electron chi connectivity index (χ0n) is 9.28. The molecule has 0 spiro atoms. The highest BCUT2D eigenvalue weighted by Crippen LogP contribution is 2.16. The highest BCUT2D eigenvalue weighted by Gasteiger charge is 2.03. The minimum absolute atomic E-state index is 0.194. The molecule has 0 rings (SSSR count). The van der Waals surface area contributed by atoms with Crippen molar-refractivity contribution in [1.29, 1.82) is 0 Å². The van der Waals surface area contributed by atoms with E-state index >= 15 is 0 Å². The van der Waals surface area contributed by atoms with E-state index in [1.807, 2.05) is 6.92 Å². The minimum atomic E-state index is 0.194. The minimum Gasteiger partial charge on any atom is -0.118 e. The van der Waals surface area contributed by atoms with Crippen LogP contribution < -0.4 is 0 Å². The highest BCUT2D eigenvalue weighted by molar-refractivity contribution is 6.22. The number of alkyl halides is 1. The first-order chi connectivity index (χ1) is 6.04. The van der Waals surface area contributed by atoms with Crippen LogP contribution in [0.25, 0.3) is 0 Å². The Morgan fingerprint density at radius 3 is 2.15 bits per heavy atom. The van der Waals surface area contributed by atoms with Crippen LogP contribution in [-0.4, -0.2) is 5.38 Å². The Morgan fingerprint density at radius 2 is 1.69 bits per heavy atom. The first kappa shape index (κ1) is 13.0. The molecule has 0 saturated heterocycles. The van der Waals surface area contributed by atoms with E-state index in [1.54, 1.807) is 0 Å². The maximum absolute atomic E-state index is 6.06. The molecule has 0 aromatic carbocycles. The molecule has 0 aliphatic rings. The maximum atomic E-state index is 6.06. The molecule has 0 aliphatic carbocycles. The second-order valence-corrected chi connectivity index (χ2v) is 4.87. The van der Waals surface area contributed by atoms with E-state index < -0.39 is 0 Å². The van der Waals surface area contributed by atoms with Crippen molar-refractivity contribution in [2.24, 2.45) is 5.92 Å². The molecular weight excluding hydrogens is 180 g/mol. The fourth-order valence-corrected chi connectivity index (χ4v) is 1.45. The van der Waals surface area contributed by atoms with Crippen molar-refractivity contribution in [3.8, 4) is 0 Å². The van der Waals surface area contributed by atoms with Crippen LogP contribution in [-0.2, 0) is 0 Å². The van der Waals surface area contributed by atoms with Crippen LogP contribution >= 0.6 is 11.6 Å². The summed E-state index contributed by atoms with van der Waals surface area (Å²) in [7, 11) is 0. The summed E-state index contributed by atoms with van der Waals surface area (Å²) in [4.78, 5) is 0. The van der Waals surface area contributed by atoms with E-state index in [-0.39, 0.29) is 5.38 Å². The zero-order valence-corrected chi connectivity index (χ0v) is 10.0. The van der Waals surface area contributed by atoms with Gasteiger partial charge in [-0.05, 0) is 19.3 Å². The van der Waals surface area contributed by atoms with Gasteiger partial charge in [0.1, 0.15) is 0 Å². The van der Waals surface area contributed by atoms with E-state index in [0.717, 1.165) is 17.9 Å². The molecule has 0 aromatic heterocycles. The Balaban J connectivity index is 3.21. The van der Waals surface area contributed by atoms with E-state index in [1.165, 1.54) is 25.7 Å². The lowest BCUT2D eigenvalue weighted by atomic mass is 10.0. The Kier molecular flexibility index (Phi) is 7.45. The van der Waals surface area contributed by atoms with Crippen molar-refractivity contribution in [3.05, 3.63) is 12.2 Å². The SMILES string of the molecule is C=C(C)C(Cl)CCCCCC(C)C. The summed E-state index contributed by atoms with van der Waals surface area (Å²) in [6.07, 6.45) is 6.34. The molecule has 0 amide bonds. The van der Waals surface area contributed by atoms with Gasteiger partial charge in [0.2, 0.25) is 0 Å². The number of rotatable bonds is 7. The van der Waals surface area contributed by atoms with Crippen LogP contribution in [0.3, 0.4) is 0 Å². The first-order valence-corrected chi connectivity index (χ1v) is 5.77. The van der Waals surface area contributed by atoms with Crippen molar-refractivity contribution in [2.75, 3.05) is 0 Å². The van der Waals surface area contributed by atoms with Gasteiger partial charge in [0, 0.05) is 0 Å². The molecule has 0 aliphatic heterocycles. The number of hydrogen-bond acceptors (Lipinski definition) is 0. The summed E-state index contributed by atoms with van der Waals surface area (Å²) in [5, 5.41) is 0.194. The fraction of sp³-hybridized carbons (Fsp3) is 0.833. The van der Waals surface area contributed by atoms with Gasteiger partial charge in [-0.1, -0.05) is 51.7 Å². The number of halogens is 1.